The molecule has 2 aromatic rings. The molecule has 7 atom stereocenters. The topological polar surface area (TPSA) is 149 Å². The number of aliphatic hydroxyl groups is 2. The van der Waals surface area contributed by atoms with Crippen molar-refractivity contribution in [3.05, 3.63) is 127 Å². The molecule has 2 aliphatic rings. The highest BCUT2D eigenvalue weighted by Crippen LogP contribution is 2.41. The van der Waals surface area contributed by atoms with Gasteiger partial charge in [0.2, 0.25) is 0 Å². The first-order chi connectivity index (χ1) is 26.7. The average Bonchev–Trinajstić information content (AvgIpc) is 3.53. The number of aryl methyl sites for hydroxylation is 1. The van der Waals surface area contributed by atoms with E-state index in [1.165, 1.54) is 6.20 Å². The van der Waals surface area contributed by atoms with Gasteiger partial charge in [-0.2, -0.15) is 0 Å². The van der Waals surface area contributed by atoms with Crippen LogP contribution in [0.25, 0.3) is 6.08 Å². The van der Waals surface area contributed by atoms with Crippen molar-refractivity contribution < 1.29 is 34.0 Å². The summed E-state index contributed by atoms with van der Waals surface area (Å²) in [5.41, 5.74) is -1.16. The predicted octanol–water partition coefficient (Wildman–Crippen LogP) is 7.60. The number of ether oxygens (including phenoxy) is 3. The molecule has 0 amide bonds. The van der Waals surface area contributed by atoms with Crippen molar-refractivity contribution in [3.63, 3.8) is 0 Å². The third-order valence-corrected chi connectivity index (χ3v) is 10.6. The number of nitrogens with zero attached hydrogens (tertiary/aromatic N) is 3. The molecule has 0 aromatic carbocycles. The number of cyclic esters (lactones) is 2. The minimum Gasteiger partial charge on any atom is -0.457 e. The first-order valence-electron chi connectivity index (χ1n) is 19.4. The minimum absolute atomic E-state index is 0.183. The summed E-state index contributed by atoms with van der Waals surface area (Å²) in [5.74, 6) is 0.768. The summed E-state index contributed by atoms with van der Waals surface area (Å²) in [4.78, 5) is 38.9. The second-order valence-electron chi connectivity index (χ2n) is 15.6. The van der Waals surface area contributed by atoms with Gasteiger partial charge < -0.3 is 34.0 Å². The van der Waals surface area contributed by atoms with Crippen molar-refractivity contribution >= 4 is 18.0 Å². The molecule has 1 fully saturated rings. The van der Waals surface area contributed by atoms with E-state index in [0.717, 1.165) is 6.42 Å². The lowest BCUT2D eigenvalue weighted by Crippen LogP contribution is -2.42. The maximum absolute atomic E-state index is 13.4. The molecular formula is C45H60N4O7. The average molecular weight is 769 g/mol. The van der Waals surface area contributed by atoms with E-state index in [0.29, 0.717) is 42.7 Å². The first kappa shape index (κ1) is 43.9. The summed E-state index contributed by atoms with van der Waals surface area (Å²) in [6.45, 7) is 11.2. The van der Waals surface area contributed by atoms with Gasteiger partial charge in [-0.25, -0.2) is 19.6 Å². The Labute approximate surface area is 332 Å². The highest BCUT2D eigenvalue weighted by atomic mass is 16.6. The van der Waals surface area contributed by atoms with Gasteiger partial charge in [0, 0.05) is 50.4 Å². The molecule has 3 N–H and O–H groups in total. The van der Waals surface area contributed by atoms with Crippen LogP contribution in [0.4, 0.5) is 0 Å². The Morgan fingerprint density at radius 3 is 2.12 bits per heavy atom. The Bertz CT molecular complexity index is 1850. The lowest BCUT2D eigenvalue weighted by Gasteiger charge is -2.36. The maximum Gasteiger partial charge on any atom is 0.358 e. The van der Waals surface area contributed by atoms with E-state index >= 15 is 0 Å². The number of imidazole rings is 2. The van der Waals surface area contributed by atoms with Gasteiger partial charge in [0.1, 0.15) is 29.6 Å². The van der Waals surface area contributed by atoms with Gasteiger partial charge in [-0.3, -0.25) is 0 Å². The summed E-state index contributed by atoms with van der Waals surface area (Å²) in [7, 11) is 3.43. The molecule has 0 saturated heterocycles. The lowest BCUT2D eigenvalue weighted by atomic mass is 9.79. The molecule has 3 heterocycles. The molecule has 4 rings (SSSR count). The molecule has 11 nitrogen and oxygen atoms in total. The van der Waals surface area contributed by atoms with Crippen molar-refractivity contribution in [2.24, 2.45) is 29.7 Å². The molecule has 1 aliphatic carbocycles. The number of rotatable bonds is 7. The number of H-pyrrole nitrogens is 1. The van der Waals surface area contributed by atoms with Crippen LogP contribution in [-0.2, 0) is 27.7 Å². The number of fused-ring (bicyclic) bond motifs is 5. The van der Waals surface area contributed by atoms with Crippen LogP contribution in [0.15, 0.2) is 104 Å². The Balaban J connectivity index is 1.60. The Hall–Kier alpha value is -4.84. The zero-order valence-electron chi connectivity index (χ0n) is 34.0. The molecule has 0 spiro atoms. The second-order valence-corrected chi connectivity index (χ2v) is 15.6. The molecule has 1 aliphatic heterocycles. The van der Waals surface area contributed by atoms with Crippen LogP contribution in [-0.4, -0.2) is 79.3 Å². The summed E-state index contributed by atoms with van der Waals surface area (Å²) in [6.07, 6.45) is 32.3. The van der Waals surface area contributed by atoms with E-state index in [4.69, 9.17) is 14.2 Å². The van der Waals surface area contributed by atoms with E-state index in [9.17, 15) is 19.8 Å². The number of carbonyl (C=O) groups excluding carboxylic acids is 2. The normalized spacial score (nSPS) is 28.0. The van der Waals surface area contributed by atoms with Crippen LogP contribution in [0.1, 0.15) is 93.4 Å². The quantitative estimate of drug-likeness (QED) is 0.191. The Morgan fingerprint density at radius 2 is 1.46 bits per heavy atom. The molecule has 1 saturated carbocycles. The summed E-state index contributed by atoms with van der Waals surface area (Å²) >= 11 is 0. The van der Waals surface area contributed by atoms with E-state index in [2.05, 4.69) is 27.1 Å². The van der Waals surface area contributed by atoms with Crippen molar-refractivity contribution in [2.75, 3.05) is 7.11 Å². The van der Waals surface area contributed by atoms with Crippen molar-refractivity contribution in [1.29, 1.82) is 0 Å². The Morgan fingerprint density at radius 1 is 0.857 bits per heavy atom. The molecule has 56 heavy (non-hydrogen) atoms. The second kappa shape index (κ2) is 20.4. The number of aliphatic hydroxyl groups excluding tert-OH is 2. The number of hydrogen-bond acceptors (Lipinski definition) is 9. The lowest BCUT2D eigenvalue weighted by molar-refractivity contribution is -0.0461. The van der Waals surface area contributed by atoms with Crippen LogP contribution >= 0.6 is 0 Å². The third kappa shape index (κ3) is 12.1. The first-order valence-corrected chi connectivity index (χ1v) is 19.4. The van der Waals surface area contributed by atoms with Crippen LogP contribution in [0.5, 0.6) is 0 Å². The number of methoxy groups -OCH3 is 1. The number of esters is 2. The van der Waals surface area contributed by atoms with Crippen molar-refractivity contribution in [1.82, 2.24) is 19.5 Å². The molecular weight excluding hydrogens is 709 g/mol. The van der Waals surface area contributed by atoms with Gasteiger partial charge in [0.05, 0.1) is 24.5 Å². The zero-order valence-corrected chi connectivity index (χ0v) is 34.0. The molecule has 11 heteroatoms. The number of aromatic nitrogens is 4. The number of hydrogen-bond donors (Lipinski definition) is 3. The number of aromatic amines is 1. The van der Waals surface area contributed by atoms with Crippen LogP contribution in [0, 0.1) is 22.7 Å². The monoisotopic (exact) mass is 768 g/mol. The van der Waals surface area contributed by atoms with E-state index < -0.39 is 47.2 Å². The number of nitrogens with one attached hydrogen (secondary N) is 1. The SMILES string of the molecule is C/C=C/[C@H](O)C(C)(C)[C@@H]1C\C=C/C=C\C=C\[C@H](OC)Cc2ncc([nH]2)C(=O)O[C@H](C(C)(C)[C@@H](O)/C=C/C)C/C=C\[C@H]2C[C@H]2/C=C/C=C\c2nc(cn2C)C(=O)O1. The number of carbonyl (C=O) groups is 2. The fraction of sp³-hybridized carbons (Fsp3) is 0.467. The summed E-state index contributed by atoms with van der Waals surface area (Å²) < 4.78 is 19.5. The Kier molecular flexibility index (Phi) is 16.0. The van der Waals surface area contributed by atoms with Crippen LogP contribution in [0.3, 0.4) is 0 Å². The van der Waals surface area contributed by atoms with Crippen LogP contribution in [0.2, 0.25) is 0 Å². The molecule has 4 bridgehead atoms. The van der Waals surface area contributed by atoms with E-state index in [1.54, 1.807) is 42.2 Å². The molecule has 2 aromatic heterocycles. The summed E-state index contributed by atoms with van der Waals surface area (Å²) in [5, 5.41) is 21.9. The van der Waals surface area contributed by atoms with Crippen molar-refractivity contribution in [3.8, 4) is 0 Å². The standard InChI is InChI=1S/C45H60N4O7/c1-9-19-36(50)44(3,4)38-24-15-13-11-12-14-23-33(54-8)28-40-46-29-34(47-40)42(52)55-39(45(5,6)37(51)20-10-2)25-18-22-32-27-31(32)21-16-17-26-41-48-35(30-49(41)7)43(53)56-38/h9-23,26,29-33,36-39,50-51H,24-25,27-28H2,1-8H3,(H,46,47)/b12-11-,15-13-,19-9+,20-10+,21-16+,22-18-,23-14+,26-17-/t31-,32+,33+,36+,37+,38+,39+/m1/s1. The highest BCUT2D eigenvalue weighted by Gasteiger charge is 2.39. The predicted molar refractivity (Wildman–Crippen MR) is 219 cm³/mol. The smallest absolute Gasteiger partial charge is 0.358 e. The number of allylic oxidation sites excluding steroid dienone is 10. The molecule has 302 valence electrons. The van der Waals surface area contributed by atoms with Gasteiger partial charge >= 0.3 is 11.9 Å². The van der Waals surface area contributed by atoms with Gasteiger partial charge in [-0.05, 0) is 38.2 Å². The van der Waals surface area contributed by atoms with E-state index in [-0.39, 0.29) is 17.5 Å². The minimum atomic E-state index is -0.844. The fourth-order valence-electron chi connectivity index (χ4n) is 6.36. The van der Waals surface area contributed by atoms with Gasteiger partial charge in [0.25, 0.3) is 0 Å². The van der Waals surface area contributed by atoms with Crippen LogP contribution < -0.4 is 0 Å². The third-order valence-electron chi connectivity index (χ3n) is 10.6. The highest BCUT2D eigenvalue weighted by molar-refractivity contribution is 5.88. The zero-order chi connectivity index (χ0) is 40.9. The van der Waals surface area contributed by atoms with Crippen molar-refractivity contribution in [2.45, 2.75) is 97.7 Å². The summed E-state index contributed by atoms with van der Waals surface area (Å²) in [6, 6.07) is 0. The van der Waals surface area contributed by atoms with E-state index in [1.807, 2.05) is 109 Å². The van der Waals surface area contributed by atoms with Gasteiger partial charge in [0.15, 0.2) is 5.69 Å². The maximum atomic E-state index is 13.4. The molecule has 0 radical (unpaired) electrons. The van der Waals surface area contributed by atoms with Gasteiger partial charge in [-0.15, -0.1) is 0 Å². The fourth-order valence-corrected chi connectivity index (χ4v) is 6.36. The largest absolute Gasteiger partial charge is 0.457 e. The molecule has 0 unspecified atom stereocenters. The van der Waals surface area contributed by atoms with Gasteiger partial charge in [-0.1, -0.05) is 119 Å².